The molecule has 0 atom stereocenters. The molecule has 47 heavy (non-hydrogen) atoms. The highest BCUT2D eigenvalue weighted by molar-refractivity contribution is 6.08. The van der Waals surface area contributed by atoms with E-state index >= 15 is 0 Å². The van der Waals surface area contributed by atoms with Crippen LogP contribution in [0.25, 0.3) is 21.5 Å². The zero-order valence-electron chi connectivity index (χ0n) is 27.7. The molecule has 8 rings (SSSR count). The fourth-order valence-corrected chi connectivity index (χ4v) is 8.45. The van der Waals surface area contributed by atoms with E-state index in [1.807, 2.05) is 0 Å². The van der Waals surface area contributed by atoms with Crippen molar-refractivity contribution in [2.24, 2.45) is 0 Å². The maximum atomic E-state index is 2.45. The van der Waals surface area contributed by atoms with E-state index < -0.39 is 0 Å². The Bertz CT molecular complexity index is 2190. The Kier molecular flexibility index (Phi) is 6.99. The Morgan fingerprint density at radius 3 is 1.89 bits per heavy atom. The van der Waals surface area contributed by atoms with E-state index in [-0.39, 0.29) is 10.8 Å². The van der Waals surface area contributed by atoms with Gasteiger partial charge in [-0.2, -0.15) is 4.58 Å². The van der Waals surface area contributed by atoms with Crippen LogP contribution < -0.4 is 4.90 Å². The Morgan fingerprint density at radius 2 is 1.23 bits per heavy atom. The van der Waals surface area contributed by atoms with Crippen LogP contribution in [0.3, 0.4) is 0 Å². The van der Waals surface area contributed by atoms with Gasteiger partial charge in [0, 0.05) is 41.6 Å². The summed E-state index contributed by atoms with van der Waals surface area (Å²) in [7, 11) is 4.47. The van der Waals surface area contributed by atoms with Crippen LogP contribution in [0.2, 0.25) is 0 Å². The average molecular weight is 610 g/mol. The molecule has 2 aliphatic heterocycles. The summed E-state index contributed by atoms with van der Waals surface area (Å²) < 4.78 is 2.45. The third kappa shape index (κ3) is 4.74. The maximum absolute atomic E-state index is 2.45. The van der Waals surface area contributed by atoms with Crippen molar-refractivity contribution in [2.45, 2.75) is 37.5 Å². The SMILES string of the molecule is CN1/C(=C/C=C/C2=[N+](C)c3ccc4ccccc4c3C2(Cc2ccccc2)Cc2ccccc2)C(C)(C)c2cc3ccccc3cc21. The van der Waals surface area contributed by atoms with Gasteiger partial charge in [0.15, 0.2) is 5.71 Å². The smallest absolute Gasteiger partial charge is 0.210 e. The number of anilines is 1. The fourth-order valence-electron chi connectivity index (χ4n) is 8.45. The summed E-state index contributed by atoms with van der Waals surface area (Å²) in [5.41, 5.74) is 10.3. The summed E-state index contributed by atoms with van der Waals surface area (Å²) in [5.74, 6) is 0. The summed E-state index contributed by atoms with van der Waals surface area (Å²) in [5, 5.41) is 5.20. The van der Waals surface area contributed by atoms with Crippen molar-refractivity contribution in [3.63, 3.8) is 0 Å². The lowest BCUT2D eigenvalue weighted by Crippen LogP contribution is -2.39. The maximum Gasteiger partial charge on any atom is 0.210 e. The first-order chi connectivity index (χ1) is 22.9. The topological polar surface area (TPSA) is 6.25 Å². The van der Waals surface area contributed by atoms with Gasteiger partial charge in [0.25, 0.3) is 0 Å². The van der Waals surface area contributed by atoms with Crippen LogP contribution in [-0.4, -0.2) is 24.4 Å². The molecule has 0 saturated heterocycles. The van der Waals surface area contributed by atoms with Crippen LogP contribution in [-0.2, 0) is 23.7 Å². The minimum absolute atomic E-state index is 0.116. The van der Waals surface area contributed by atoms with E-state index in [0.717, 1.165) is 12.8 Å². The normalized spacial score (nSPS) is 17.3. The highest BCUT2D eigenvalue weighted by Crippen LogP contribution is 2.50. The number of allylic oxidation sites excluding steroid dienone is 4. The van der Waals surface area contributed by atoms with Crippen molar-refractivity contribution in [1.82, 2.24) is 0 Å². The van der Waals surface area contributed by atoms with Gasteiger partial charge in [-0.25, -0.2) is 0 Å². The number of hydrogen-bond acceptors (Lipinski definition) is 1. The predicted molar refractivity (Wildman–Crippen MR) is 199 cm³/mol. The molecule has 0 unspecified atom stereocenters. The molecule has 2 heterocycles. The van der Waals surface area contributed by atoms with E-state index in [2.05, 4.69) is 189 Å². The van der Waals surface area contributed by atoms with Crippen LogP contribution >= 0.6 is 0 Å². The van der Waals surface area contributed by atoms with Crippen molar-refractivity contribution in [1.29, 1.82) is 0 Å². The van der Waals surface area contributed by atoms with Gasteiger partial charge in [-0.3, -0.25) is 0 Å². The Morgan fingerprint density at radius 1 is 0.660 bits per heavy atom. The largest absolute Gasteiger partial charge is 0.347 e. The molecule has 230 valence electrons. The van der Waals surface area contributed by atoms with E-state index in [1.54, 1.807) is 0 Å². The van der Waals surface area contributed by atoms with E-state index in [0.29, 0.717) is 0 Å². The van der Waals surface area contributed by atoms with Gasteiger partial charge in [-0.05, 0) is 75.4 Å². The minimum Gasteiger partial charge on any atom is -0.347 e. The number of likely N-dealkylation sites (N-methyl/N-ethyl adjacent to an activating group) is 1. The van der Waals surface area contributed by atoms with Crippen LogP contribution in [0.4, 0.5) is 11.4 Å². The highest BCUT2D eigenvalue weighted by atomic mass is 15.2. The number of benzene rings is 6. The standard InChI is InChI=1S/C45H41N2/c1-44(2)38-28-35-21-11-12-22-36(35)29-40(38)47(4)41(44)24-15-25-42-45(30-32-16-7-5-8-17-32,31-33-18-9-6-10-19-33)43-37-23-14-13-20-34(37)26-27-39(43)46(42)3/h5-29H,30-31H2,1-4H3/q+1. The molecule has 0 aliphatic carbocycles. The van der Waals surface area contributed by atoms with E-state index in [1.165, 1.54) is 66.6 Å². The average Bonchev–Trinajstić information content (AvgIpc) is 3.43. The zero-order chi connectivity index (χ0) is 32.2. The molecule has 2 heteroatoms. The monoisotopic (exact) mass is 609 g/mol. The number of fused-ring (bicyclic) bond motifs is 5. The molecule has 0 bridgehead atoms. The van der Waals surface area contributed by atoms with Crippen LogP contribution in [0.5, 0.6) is 0 Å². The molecule has 0 spiro atoms. The first-order valence-electron chi connectivity index (χ1n) is 16.7. The van der Waals surface area contributed by atoms with Crippen LogP contribution in [0.1, 0.15) is 36.1 Å². The van der Waals surface area contributed by atoms with Crippen molar-refractivity contribution in [3.8, 4) is 0 Å². The Hall–Kier alpha value is -5.21. The van der Waals surface area contributed by atoms with Gasteiger partial charge in [0.05, 0.1) is 5.41 Å². The summed E-state index contributed by atoms with van der Waals surface area (Å²) >= 11 is 0. The number of hydrogen-bond donors (Lipinski definition) is 0. The van der Waals surface area contributed by atoms with E-state index in [4.69, 9.17) is 0 Å². The Balaban J connectivity index is 1.29. The van der Waals surface area contributed by atoms with Crippen LogP contribution in [0, 0.1) is 0 Å². The molecule has 2 aliphatic rings. The fraction of sp³-hybridized carbons (Fsp3) is 0.178. The summed E-state index contributed by atoms with van der Waals surface area (Å²) in [6.07, 6.45) is 8.88. The van der Waals surface area contributed by atoms with Crippen LogP contribution in [0.15, 0.2) is 157 Å². The predicted octanol–water partition coefficient (Wildman–Crippen LogP) is 10.3. The van der Waals surface area contributed by atoms with Crippen molar-refractivity contribution < 1.29 is 4.58 Å². The summed E-state index contributed by atoms with van der Waals surface area (Å²) in [6.45, 7) is 4.71. The molecule has 0 aromatic heterocycles. The van der Waals surface area contributed by atoms with E-state index in [9.17, 15) is 0 Å². The lowest BCUT2D eigenvalue weighted by molar-refractivity contribution is -0.401. The second kappa shape index (κ2) is 11.2. The second-order valence-corrected chi connectivity index (χ2v) is 13.8. The molecular weight excluding hydrogens is 569 g/mol. The van der Waals surface area contributed by atoms with Crippen molar-refractivity contribution in [3.05, 3.63) is 180 Å². The number of rotatable bonds is 6. The van der Waals surface area contributed by atoms with Gasteiger partial charge in [-0.15, -0.1) is 0 Å². The number of nitrogens with zero attached hydrogens (tertiary/aromatic N) is 2. The summed E-state index contributed by atoms with van der Waals surface area (Å²) in [6, 6.07) is 49.0. The molecule has 0 amide bonds. The Labute approximate surface area is 278 Å². The van der Waals surface area contributed by atoms with Crippen molar-refractivity contribution in [2.75, 3.05) is 19.0 Å². The highest BCUT2D eigenvalue weighted by Gasteiger charge is 2.51. The molecule has 2 nitrogen and oxygen atoms in total. The molecule has 0 radical (unpaired) electrons. The second-order valence-electron chi connectivity index (χ2n) is 13.8. The first kappa shape index (κ1) is 29.2. The molecule has 0 N–H and O–H groups in total. The molecular formula is C45H41N2+. The molecule has 6 aromatic carbocycles. The third-order valence-electron chi connectivity index (χ3n) is 10.7. The van der Waals surface area contributed by atoms with Crippen molar-refractivity contribution >= 4 is 38.6 Å². The molecule has 0 saturated carbocycles. The first-order valence-corrected chi connectivity index (χ1v) is 16.7. The van der Waals surface area contributed by atoms with Gasteiger partial charge >= 0.3 is 0 Å². The summed E-state index contributed by atoms with van der Waals surface area (Å²) in [4.78, 5) is 2.39. The van der Waals surface area contributed by atoms with Gasteiger partial charge < -0.3 is 4.90 Å². The third-order valence-corrected chi connectivity index (χ3v) is 10.7. The quantitative estimate of drug-likeness (QED) is 0.170. The lowest BCUT2D eigenvalue weighted by Gasteiger charge is -2.29. The van der Waals surface area contributed by atoms with Gasteiger partial charge in [0.2, 0.25) is 5.69 Å². The van der Waals surface area contributed by atoms with Gasteiger partial charge in [-0.1, -0.05) is 129 Å². The lowest BCUT2D eigenvalue weighted by atomic mass is 9.67. The minimum atomic E-state index is -0.263. The zero-order valence-corrected chi connectivity index (χ0v) is 27.7. The molecule has 6 aromatic rings. The van der Waals surface area contributed by atoms with Gasteiger partial charge in [0.1, 0.15) is 7.05 Å². The molecule has 0 fully saturated rings.